The highest BCUT2D eigenvalue weighted by Crippen LogP contribution is 2.18. The van der Waals surface area contributed by atoms with Crippen molar-refractivity contribution >= 4 is 29.9 Å². The van der Waals surface area contributed by atoms with E-state index in [1.165, 1.54) is 24.3 Å². The smallest absolute Gasteiger partial charge is 0.387 e. The molecule has 0 spiro atoms. The molecule has 1 unspecified atom stereocenters. The zero-order chi connectivity index (χ0) is 19.8. The highest BCUT2D eigenvalue weighted by molar-refractivity contribution is 14.0. The van der Waals surface area contributed by atoms with Crippen LogP contribution in [0.25, 0.3) is 0 Å². The van der Waals surface area contributed by atoms with Crippen molar-refractivity contribution < 1.29 is 18.6 Å². The minimum Gasteiger partial charge on any atom is -0.435 e. The summed E-state index contributed by atoms with van der Waals surface area (Å²) in [6.45, 7) is 2.10. The molecule has 156 valence electrons. The summed E-state index contributed by atoms with van der Waals surface area (Å²) in [4.78, 5) is 4.43. The average molecular weight is 510 g/mol. The van der Waals surface area contributed by atoms with Crippen LogP contribution in [0.5, 0.6) is 5.75 Å². The normalized spacial score (nSPS) is 12.5. The summed E-state index contributed by atoms with van der Waals surface area (Å²) in [5.41, 5.74) is 0.573. The van der Waals surface area contributed by atoms with Crippen molar-refractivity contribution in [2.45, 2.75) is 33.1 Å². The Balaban J connectivity index is 0.00000392. The van der Waals surface area contributed by atoms with E-state index in [2.05, 4.69) is 30.6 Å². The van der Waals surface area contributed by atoms with Crippen LogP contribution in [0.1, 0.15) is 30.2 Å². The summed E-state index contributed by atoms with van der Waals surface area (Å²) in [6, 6.07) is 5.85. The SMILES string of the molecule is CCNC(=NCc1nnc(C)n1C)NCC(O)c1ccc(OC(F)F)cc1.I. The van der Waals surface area contributed by atoms with Crippen molar-refractivity contribution in [3.63, 3.8) is 0 Å². The van der Waals surface area contributed by atoms with Gasteiger partial charge < -0.3 is 25.0 Å². The predicted octanol–water partition coefficient (Wildman–Crippen LogP) is 2.13. The number of aliphatic imine (C=N–C) groups is 1. The van der Waals surface area contributed by atoms with Crippen LogP contribution in [0.2, 0.25) is 0 Å². The highest BCUT2D eigenvalue weighted by Gasteiger charge is 2.11. The van der Waals surface area contributed by atoms with Gasteiger partial charge in [-0.15, -0.1) is 34.2 Å². The maximum atomic E-state index is 12.2. The Labute approximate surface area is 179 Å². The monoisotopic (exact) mass is 510 g/mol. The molecule has 0 aliphatic heterocycles. The predicted molar refractivity (Wildman–Crippen MR) is 112 cm³/mol. The van der Waals surface area contributed by atoms with Gasteiger partial charge in [0.05, 0.1) is 6.10 Å². The molecule has 0 radical (unpaired) electrons. The molecule has 0 aliphatic carbocycles. The number of hydrogen-bond acceptors (Lipinski definition) is 5. The van der Waals surface area contributed by atoms with Crippen LogP contribution in [0.3, 0.4) is 0 Å². The van der Waals surface area contributed by atoms with Crippen molar-refractivity contribution in [1.29, 1.82) is 0 Å². The lowest BCUT2D eigenvalue weighted by Gasteiger charge is -2.16. The third-order valence-corrected chi connectivity index (χ3v) is 3.86. The number of aryl methyl sites for hydroxylation is 1. The molecule has 0 bridgehead atoms. The molecule has 11 heteroatoms. The van der Waals surface area contributed by atoms with Crippen LogP contribution in [-0.4, -0.2) is 45.5 Å². The second-order valence-electron chi connectivity index (χ2n) is 5.76. The van der Waals surface area contributed by atoms with Gasteiger partial charge in [-0.2, -0.15) is 8.78 Å². The van der Waals surface area contributed by atoms with Gasteiger partial charge in [-0.1, -0.05) is 12.1 Å². The molecule has 0 aliphatic rings. The van der Waals surface area contributed by atoms with Crippen molar-refractivity contribution in [3.05, 3.63) is 41.5 Å². The molecule has 0 saturated carbocycles. The van der Waals surface area contributed by atoms with Gasteiger partial charge in [0.15, 0.2) is 11.8 Å². The van der Waals surface area contributed by atoms with Crippen LogP contribution in [-0.2, 0) is 13.6 Å². The number of aliphatic hydroxyl groups excluding tert-OH is 1. The summed E-state index contributed by atoms with van der Waals surface area (Å²) < 4.78 is 30.5. The Morgan fingerprint density at radius 2 is 1.93 bits per heavy atom. The fraction of sp³-hybridized carbons (Fsp3) is 0.471. The highest BCUT2D eigenvalue weighted by atomic mass is 127. The average Bonchev–Trinajstić information content (AvgIpc) is 2.96. The molecular weight excluding hydrogens is 485 g/mol. The number of rotatable bonds is 8. The van der Waals surface area contributed by atoms with Gasteiger partial charge in [0, 0.05) is 20.1 Å². The second-order valence-corrected chi connectivity index (χ2v) is 5.76. The Morgan fingerprint density at radius 1 is 1.25 bits per heavy atom. The fourth-order valence-corrected chi connectivity index (χ4v) is 2.26. The molecule has 2 aromatic rings. The van der Waals surface area contributed by atoms with E-state index in [1.807, 2.05) is 25.5 Å². The van der Waals surface area contributed by atoms with Crippen LogP contribution in [0.4, 0.5) is 8.78 Å². The molecule has 1 heterocycles. The lowest BCUT2D eigenvalue weighted by Crippen LogP contribution is -2.39. The second kappa shape index (κ2) is 11.7. The van der Waals surface area contributed by atoms with Crippen molar-refractivity contribution in [1.82, 2.24) is 25.4 Å². The van der Waals surface area contributed by atoms with Crippen LogP contribution in [0, 0.1) is 6.92 Å². The van der Waals surface area contributed by atoms with Gasteiger partial charge in [-0.05, 0) is 31.5 Å². The van der Waals surface area contributed by atoms with Crippen molar-refractivity contribution in [2.24, 2.45) is 12.0 Å². The maximum Gasteiger partial charge on any atom is 0.387 e. The number of halogens is 3. The molecule has 28 heavy (non-hydrogen) atoms. The maximum absolute atomic E-state index is 12.2. The number of hydrogen-bond donors (Lipinski definition) is 3. The number of guanidine groups is 1. The van der Waals surface area contributed by atoms with E-state index in [-0.39, 0.29) is 36.3 Å². The van der Waals surface area contributed by atoms with Crippen molar-refractivity contribution in [3.8, 4) is 5.75 Å². The fourth-order valence-electron chi connectivity index (χ4n) is 2.26. The van der Waals surface area contributed by atoms with Gasteiger partial charge in [-0.25, -0.2) is 4.99 Å². The molecule has 1 atom stereocenters. The third kappa shape index (κ3) is 7.19. The Morgan fingerprint density at radius 3 is 2.46 bits per heavy atom. The topological polar surface area (TPSA) is 96.6 Å². The molecule has 0 fully saturated rings. The lowest BCUT2D eigenvalue weighted by molar-refractivity contribution is -0.0498. The van der Waals surface area contributed by atoms with E-state index in [0.29, 0.717) is 24.6 Å². The van der Waals surface area contributed by atoms with E-state index in [4.69, 9.17) is 0 Å². The van der Waals surface area contributed by atoms with E-state index < -0.39 is 12.7 Å². The van der Waals surface area contributed by atoms with E-state index in [0.717, 1.165) is 11.6 Å². The number of nitrogens with zero attached hydrogens (tertiary/aromatic N) is 4. The minimum absolute atomic E-state index is 0. The Bertz CT molecular complexity index is 755. The quantitative estimate of drug-likeness (QED) is 0.286. The number of aromatic nitrogens is 3. The molecule has 1 aromatic carbocycles. The summed E-state index contributed by atoms with van der Waals surface area (Å²) in [7, 11) is 1.87. The zero-order valence-corrected chi connectivity index (χ0v) is 18.2. The Kier molecular flexibility index (Phi) is 10.1. The third-order valence-electron chi connectivity index (χ3n) is 3.86. The first-order valence-electron chi connectivity index (χ1n) is 8.50. The molecule has 8 nitrogen and oxygen atoms in total. The number of aliphatic hydroxyl groups is 1. The standard InChI is InChI=1S/C17H24F2N6O2.HI/c1-4-20-17(22-10-15-24-23-11(2)25(15)3)21-9-14(26)12-5-7-13(8-6-12)27-16(18)19;/h5-8,14,16,26H,4,9-10H2,1-3H3,(H2,20,21,22);1H. The number of nitrogens with one attached hydrogen (secondary N) is 2. The summed E-state index contributed by atoms with van der Waals surface area (Å²) in [5, 5.41) is 24.4. The molecule has 3 N–H and O–H groups in total. The molecule has 2 rings (SSSR count). The first-order valence-corrected chi connectivity index (χ1v) is 8.50. The van der Waals surface area contributed by atoms with Gasteiger partial charge in [0.2, 0.25) is 0 Å². The van der Waals surface area contributed by atoms with Crippen LogP contribution in [0.15, 0.2) is 29.3 Å². The van der Waals surface area contributed by atoms with E-state index in [9.17, 15) is 13.9 Å². The minimum atomic E-state index is -2.88. The molecule has 0 saturated heterocycles. The summed E-state index contributed by atoms with van der Waals surface area (Å²) in [5.74, 6) is 2.09. The number of alkyl halides is 2. The largest absolute Gasteiger partial charge is 0.435 e. The number of benzene rings is 1. The summed E-state index contributed by atoms with van der Waals surface area (Å²) >= 11 is 0. The van der Waals surface area contributed by atoms with Gasteiger partial charge in [-0.3, -0.25) is 0 Å². The van der Waals surface area contributed by atoms with E-state index in [1.54, 1.807) is 0 Å². The van der Waals surface area contributed by atoms with Gasteiger partial charge in [0.25, 0.3) is 0 Å². The first-order chi connectivity index (χ1) is 12.9. The summed E-state index contributed by atoms with van der Waals surface area (Å²) in [6.07, 6.45) is -0.841. The lowest BCUT2D eigenvalue weighted by atomic mass is 10.1. The molecular formula is C17H25F2IN6O2. The van der Waals surface area contributed by atoms with Crippen molar-refractivity contribution in [2.75, 3.05) is 13.1 Å². The zero-order valence-electron chi connectivity index (χ0n) is 15.9. The van der Waals surface area contributed by atoms with Crippen LogP contribution < -0.4 is 15.4 Å². The molecule has 0 amide bonds. The Hall–Kier alpha value is -2.02. The van der Waals surface area contributed by atoms with E-state index >= 15 is 0 Å². The van der Waals surface area contributed by atoms with Gasteiger partial charge in [0.1, 0.15) is 18.1 Å². The van der Waals surface area contributed by atoms with Crippen LogP contribution >= 0.6 is 24.0 Å². The number of ether oxygens (including phenoxy) is 1. The van der Waals surface area contributed by atoms with Gasteiger partial charge >= 0.3 is 6.61 Å². The molecule has 1 aromatic heterocycles. The first kappa shape index (κ1) is 24.0.